The Hall–Kier alpha value is -2.63. The van der Waals surface area contributed by atoms with E-state index in [-0.39, 0.29) is 29.1 Å². The van der Waals surface area contributed by atoms with Crippen LogP contribution in [0.15, 0.2) is 43.0 Å². The van der Waals surface area contributed by atoms with Gasteiger partial charge in [0.25, 0.3) is 0 Å². The number of carbonyl (C=O) groups excluding carboxylic acids is 3. The van der Waals surface area contributed by atoms with Crippen molar-refractivity contribution in [1.82, 2.24) is 9.80 Å². The van der Waals surface area contributed by atoms with Gasteiger partial charge in [0.15, 0.2) is 0 Å². The van der Waals surface area contributed by atoms with Gasteiger partial charge in [-0.15, -0.1) is 0 Å². The molecule has 1 aromatic rings. The van der Waals surface area contributed by atoms with Crippen LogP contribution >= 0.6 is 0 Å². The highest BCUT2D eigenvalue weighted by atomic mass is 16.5. The van der Waals surface area contributed by atoms with Gasteiger partial charge in [0.1, 0.15) is 0 Å². The highest BCUT2D eigenvalue weighted by Crippen LogP contribution is 2.53. The zero-order valence-electron chi connectivity index (χ0n) is 17.6. The van der Waals surface area contributed by atoms with Crippen LogP contribution < -0.4 is 0 Å². The molecule has 0 aromatic heterocycles. The van der Waals surface area contributed by atoms with Gasteiger partial charge in [-0.05, 0) is 37.3 Å². The maximum atomic E-state index is 14.0. The smallest absolute Gasteiger partial charge is 0.311 e. The van der Waals surface area contributed by atoms with Gasteiger partial charge in [-0.3, -0.25) is 14.4 Å². The first kappa shape index (κ1) is 20.6. The summed E-state index contributed by atoms with van der Waals surface area (Å²) in [7, 11) is 1.43. The number of nitrogens with zero attached hydrogens (tertiary/aromatic N) is 2. The van der Waals surface area contributed by atoms with Crippen LogP contribution in [0.2, 0.25) is 0 Å². The Morgan fingerprint density at radius 3 is 2.27 bits per heavy atom. The Labute approximate surface area is 177 Å². The molecule has 0 radical (unpaired) electrons. The van der Waals surface area contributed by atoms with E-state index in [9.17, 15) is 14.4 Å². The van der Waals surface area contributed by atoms with Gasteiger partial charge >= 0.3 is 5.97 Å². The summed E-state index contributed by atoms with van der Waals surface area (Å²) in [6.45, 7) is 5.67. The van der Waals surface area contributed by atoms with Gasteiger partial charge in [0.2, 0.25) is 11.8 Å². The molecule has 1 saturated carbocycles. The number of carbonyl (C=O) groups is 3. The Balaban J connectivity index is 1.62. The van der Waals surface area contributed by atoms with E-state index in [1.54, 1.807) is 4.90 Å². The summed E-state index contributed by atoms with van der Waals surface area (Å²) in [6.07, 6.45) is 5.51. The molecule has 0 bridgehead atoms. The third kappa shape index (κ3) is 3.22. The lowest BCUT2D eigenvalue weighted by atomic mass is 9.63. The molecule has 1 aromatic carbocycles. The number of methoxy groups -OCH3 is 1. The van der Waals surface area contributed by atoms with Crippen LogP contribution in [-0.4, -0.2) is 60.9 Å². The van der Waals surface area contributed by atoms with Crippen molar-refractivity contribution < 1.29 is 19.1 Å². The van der Waals surface area contributed by atoms with Crippen molar-refractivity contribution >= 4 is 17.8 Å². The number of esters is 1. The van der Waals surface area contributed by atoms with Gasteiger partial charge in [-0.1, -0.05) is 43.3 Å². The molecule has 2 heterocycles. The number of piperidine rings is 1. The standard InChI is InChI=1S/C24H30N2O4/c1-3-20(27)25-14-12-24(13-15-25,18-8-5-4-6-9-18)22(29)26-16-19(21(28)30-2)23(17-26)10-7-11-23/h3-6,8-9,19H,1,7,10-17H2,2H3. The number of hydrogen-bond donors (Lipinski definition) is 0. The molecule has 160 valence electrons. The van der Waals surface area contributed by atoms with E-state index in [1.807, 2.05) is 35.2 Å². The van der Waals surface area contributed by atoms with Crippen molar-refractivity contribution in [1.29, 1.82) is 0 Å². The molecule has 2 saturated heterocycles. The molecule has 3 aliphatic rings. The van der Waals surface area contributed by atoms with Crippen LogP contribution in [0.3, 0.4) is 0 Å². The Kier molecular flexibility index (Phi) is 5.43. The zero-order valence-corrected chi connectivity index (χ0v) is 17.6. The minimum Gasteiger partial charge on any atom is -0.469 e. The van der Waals surface area contributed by atoms with E-state index in [1.165, 1.54) is 13.2 Å². The number of hydrogen-bond acceptors (Lipinski definition) is 4. The second-order valence-electron chi connectivity index (χ2n) is 8.95. The molecule has 1 spiro atoms. The Bertz CT molecular complexity index is 838. The molecule has 1 aliphatic carbocycles. The summed E-state index contributed by atoms with van der Waals surface area (Å²) in [5, 5.41) is 0. The highest BCUT2D eigenvalue weighted by molar-refractivity contribution is 5.91. The summed E-state index contributed by atoms with van der Waals surface area (Å²) in [5.41, 5.74) is 0.194. The fourth-order valence-corrected chi connectivity index (χ4v) is 5.65. The number of rotatable bonds is 4. The van der Waals surface area contributed by atoms with E-state index >= 15 is 0 Å². The van der Waals surface area contributed by atoms with Gasteiger partial charge < -0.3 is 14.5 Å². The van der Waals surface area contributed by atoms with Gasteiger partial charge in [-0.25, -0.2) is 0 Å². The second kappa shape index (κ2) is 7.89. The first-order valence-corrected chi connectivity index (χ1v) is 10.8. The molecular weight excluding hydrogens is 380 g/mol. The minimum absolute atomic E-state index is 0.0806. The molecule has 30 heavy (non-hydrogen) atoms. The highest BCUT2D eigenvalue weighted by Gasteiger charge is 2.57. The molecule has 1 unspecified atom stereocenters. The maximum absolute atomic E-state index is 14.0. The van der Waals surface area contributed by atoms with Crippen LogP contribution in [0.25, 0.3) is 0 Å². The lowest BCUT2D eigenvalue weighted by Crippen LogP contribution is -2.53. The number of ether oxygens (including phenoxy) is 1. The lowest BCUT2D eigenvalue weighted by Gasteiger charge is -2.44. The SMILES string of the molecule is C=CC(=O)N1CCC(C(=O)N2CC(C(=O)OC)C3(CCC3)C2)(c2ccccc2)CC1. The quantitative estimate of drug-likeness (QED) is 0.565. The fourth-order valence-electron chi connectivity index (χ4n) is 5.65. The molecule has 2 amide bonds. The summed E-state index contributed by atoms with van der Waals surface area (Å²) in [5.74, 6) is -0.456. The van der Waals surface area contributed by atoms with Crippen molar-refractivity contribution in [2.75, 3.05) is 33.3 Å². The Morgan fingerprint density at radius 1 is 1.07 bits per heavy atom. The third-order valence-electron chi connectivity index (χ3n) is 7.61. The fraction of sp³-hybridized carbons (Fsp3) is 0.542. The molecule has 1 atom stereocenters. The van der Waals surface area contributed by atoms with Crippen molar-refractivity contribution in [3.05, 3.63) is 48.6 Å². The monoisotopic (exact) mass is 410 g/mol. The summed E-state index contributed by atoms with van der Waals surface area (Å²) < 4.78 is 5.07. The average Bonchev–Trinajstić information content (AvgIpc) is 3.20. The van der Waals surface area contributed by atoms with Gasteiger partial charge in [0.05, 0.1) is 18.4 Å². The molecule has 2 aliphatic heterocycles. The van der Waals surface area contributed by atoms with Crippen LogP contribution in [0.5, 0.6) is 0 Å². The van der Waals surface area contributed by atoms with Crippen molar-refractivity contribution in [3.63, 3.8) is 0 Å². The molecule has 3 fully saturated rings. The van der Waals surface area contributed by atoms with Crippen LogP contribution in [-0.2, 0) is 24.5 Å². The number of benzene rings is 1. The second-order valence-corrected chi connectivity index (χ2v) is 8.95. The maximum Gasteiger partial charge on any atom is 0.311 e. The van der Waals surface area contributed by atoms with E-state index in [2.05, 4.69) is 6.58 Å². The summed E-state index contributed by atoms with van der Waals surface area (Å²) in [6, 6.07) is 9.89. The third-order valence-corrected chi connectivity index (χ3v) is 7.61. The van der Waals surface area contributed by atoms with Crippen molar-refractivity contribution in [3.8, 4) is 0 Å². The molecule has 6 nitrogen and oxygen atoms in total. The largest absolute Gasteiger partial charge is 0.469 e. The number of amides is 2. The first-order valence-electron chi connectivity index (χ1n) is 10.8. The molecule has 0 N–H and O–H groups in total. The summed E-state index contributed by atoms with van der Waals surface area (Å²) in [4.78, 5) is 42.2. The summed E-state index contributed by atoms with van der Waals surface area (Å²) >= 11 is 0. The van der Waals surface area contributed by atoms with Crippen LogP contribution in [0.1, 0.15) is 37.7 Å². The Morgan fingerprint density at radius 2 is 1.73 bits per heavy atom. The van der Waals surface area contributed by atoms with Gasteiger partial charge in [-0.2, -0.15) is 0 Å². The minimum atomic E-state index is -0.671. The lowest BCUT2D eigenvalue weighted by molar-refractivity contribution is -0.150. The average molecular weight is 411 g/mol. The molecule has 6 heteroatoms. The van der Waals surface area contributed by atoms with Gasteiger partial charge in [0, 0.05) is 31.6 Å². The predicted octanol–water partition coefficient (Wildman–Crippen LogP) is 2.53. The predicted molar refractivity (Wildman–Crippen MR) is 113 cm³/mol. The van der Waals surface area contributed by atoms with E-state index in [0.717, 1.165) is 24.8 Å². The molecule has 4 rings (SSSR count). The van der Waals surface area contributed by atoms with Crippen molar-refractivity contribution in [2.45, 2.75) is 37.5 Å². The molecular formula is C24H30N2O4. The van der Waals surface area contributed by atoms with E-state index < -0.39 is 5.41 Å². The van der Waals surface area contributed by atoms with Crippen LogP contribution in [0, 0.1) is 11.3 Å². The van der Waals surface area contributed by atoms with Crippen molar-refractivity contribution in [2.24, 2.45) is 11.3 Å². The normalized spacial score (nSPS) is 24.2. The topological polar surface area (TPSA) is 66.9 Å². The van der Waals surface area contributed by atoms with E-state index in [4.69, 9.17) is 4.74 Å². The zero-order chi connectivity index (χ0) is 21.4. The first-order chi connectivity index (χ1) is 14.5. The number of likely N-dealkylation sites (tertiary alicyclic amines) is 2. The van der Waals surface area contributed by atoms with E-state index in [0.29, 0.717) is 39.0 Å². The van der Waals surface area contributed by atoms with Crippen LogP contribution in [0.4, 0.5) is 0 Å².